The van der Waals surface area contributed by atoms with Crippen molar-refractivity contribution < 1.29 is 9.21 Å². The van der Waals surface area contributed by atoms with Gasteiger partial charge in [0.25, 0.3) is 5.91 Å². The number of nitrogens with zero attached hydrogens (tertiary/aromatic N) is 1. The van der Waals surface area contributed by atoms with Gasteiger partial charge in [0.15, 0.2) is 4.67 Å². The van der Waals surface area contributed by atoms with E-state index in [1.165, 1.54) is 6.21 Å². The first kappa shape index (κ1) is 12.6. The smallest absolute Gasteiger partial charge is 0.271 e. The minimum absolute atomic E-state index is 0.249. The van der Waals surface area contributed by atoms with Gasteiger partial charge in [-0.25, -0.2) is 5.43 Å². The molecule has 0 saturated heterocycles. The fourth-order valence-corrected chi connectivity index (χ4v) is 1.72. The van der Waals surface area contributed by atoms with Gasteiger partial charge in [-0.05, 0) is 47.1 Å². The van der Waals surface area contributed by atoms with E-state index in [0.717, 1.165) is 5.56 Å². The highest BCUT2D eigenvalue weighted by Crippen LogP contribution is 2.12. The Morgan fingerprint density at radius 3 is 2.89 bits per heavy atom. The molecular weight excluding hydrogens is 296 g/mol. The number of hydrogen-bond acceptors (Lipinski definition) is 3. The second-order valence-corrected chi connectivity index (χ2v) is 4.49. The van der Waals surface area contributed by atoms with Crippen LogP contribution in [0.4, 0.5) is 0 Å². The summed E-state index contributed by atoms with van der Waals surface area (Å²) in [4.78, 5) is 11.7. The lowest BCUT2D eigenvalue weighted by Crippen LogP contribution is -2.17. The fraction of sp³-hybridized carbons (Fsp3) is 0.0769. The molecule has 2 rings (SSSR count). The summed E-state index contributed by atoms with van der Waals surface area (Å²) in [5, 5.41) is 3.82. The molecule has 1 amide bonds. The second kappa shape index (κ2) is 5.64. The third kappa shape index (κ3) is 3.30. The van der Waals surface area contributed by atoms with Gasteiger partial charge in [0.2, 0.25) is 0 Å². The number of nitrogens with one attached hydrogen (secondary N) is 1. The largest absolute Gasteiger partial charge is 0.448 e. The summed E-state index contributed by atoms with van der Waals surface area (Å²) >= 11 is 3.18. The van der Waals surface area contributed by atoms with E-state index in [2.05, 4.69) is 26.5 Å². The van der Waals surface area contributed by atoms with Crippen LogP contribution in [0.2, 0.25) is 0 Å². The Morgan fingerprint density at radius 2 is 2.22 bits per heavy atom. The lowest BCUT2D eigenvalue weighted by molar-refractivity contribution is 0.0955. The highest BCUT2D eigenvalue weighted by atomic mass is 79.9. The lowest BCUT2D eigenvalue weighted by Gasteiger charge is -2.00. The fourth-order valence-electron chi connectivity index (χ4n) is 1.40. The van der Waals surface area contributed by atoms with Crippen LogP contribution in [-0.4, -0.2) is 12.1 Å². The zero-order valence-electron chi connectivity index (χ0n) is 9.68. The maximum atomic E-state index is 11.7. The average Bonchev–Trinajstić information content (AvgIpc) is 2.75. The van der Waals surface area contributed by atoms with Gasteiger partial charge in [-0.15, -0.1) is 0 Å². The van der Waals surface area contributed by atoms with E-state index in [-0.39, 0.29) is 5.91 Å². The van der Waals surface area contributed by atoms with Crippen molar-refractivity contribution in [3.63, 3.8) is 0 Å². The zero-order chi connectivity index (χ0) is 13.0. The second-order valence-electron chi connectivity index (χ2n) is 3.71. The van der Waals surface area contributed by atoms with Crippen LogP contribution in [0.3, 0.4) is 0 Å². The van der Waals surface area contributed by atoms with E-state index in [9.17, 15) is 4.79 Å². The molecule has 0 unspecified atom stereocenters. The van der Waals surface area contributed by atoms with Crippen molar-refractivity contribution in [1.29, 1.82) is 0 Å². The van der Waals surface area contributed by atoms with E-state index >= 15 is 0 Å². The molecule has 0 aliphatic rings. The number of rotatable bonds is 3. The molecule has 0 fully saturated rings. The molecule has 0 spiro atoms. The van der Waals surface area contributed by atoms with Crippen molar-refractivity contribution in [2.24, 2.45) is 5.10 Å². The van der Waals surface area contributed by atoms with Crippen LogP contribution in [-0.2, 0) is 0 Å². The van der Waals surface area contributed by atoms with E-state index < -0.39 is 0 Å². The van der Waals surface area contributed by atoms with Gasteiger partial charge in [0.1, 0.15) is 5.76 Å². The minimum atomic E-state index is -0.249. The molecule has 0 atom stereocenters. The summed E-state index contributed by atoms with van der Waals surface area (Å²) in [7, 11) is 0. The third-order valence-electron chi connectivity index (χ3n) is 2.23. The Morgan fingerprint density at radius 1 is 1.39 bits per heavy atom. The van der Waals surface area contributed by atoms with Crippen LogP contribution >= 0.6 is 15.9 Å². The molecule has 5 heteroatoms. The predicted molar refractivity (Wildman–Crippen MR) is 72.6 cm³/mol. The number of amides is 1. The number of benzene rings is 1. The molecule has 2 aromatic rings. The van der Waals surface area contributed by atoms with E-state index in [4.69, 9.17) is 4.42 Å². The van der Waals surface area contributed by atoms with Crippen molar-refractivity contribution in [2.75, 3.05) is 0 Å². The summed E-state index contributed by atoms with van der Waals surface area (Å²) in [6.07, 6.45) is 1.44. The average molecular weight is 307 g/mol. The molecule has 1 heterocycles. The number of carbonyl (C=O) groups excluding carboxylic acids is 1. The molecule has 1 aromatic heterocycles. The summed E-state index contributed by atoms with van der Waals surface area (Å²) in [6, 6.07) is 10.8. The molecule has 0 radical (unpaired) electrons. The molecule has 0 saturated carbocycles. The third-order valence-corrected chi connectivity index (χ3v) is 2.66. The molecule has 0 aliphatic carbocycles. The van der Waals surface area contributed by atoms with Crippen molar-refractivity contribution >= 4 is 28.1 Å². The Labute approximate surface area is 113 Å². The molecule has 1 N–H and O–H groups in total. The Balaban J connectivity index is 1.98. The normalized spacial score (nSPS) is 10.8. The molecule has 92 valence electrons. The molecule has 4 nitrogen and oxygen atoms in total. The minimum Gasteiger partial charge on any atom is -0.448 e. The number of hydrogen-bond donors (Lipinski definition) is 1. The number of aryl methyl sites for hydroxylation is 1. The van der Waals surface area contributed by atoms with Gasteiger partial charge in [-0.2, -0.15) is 5.10 Å². The SMILES string of the molecule is Cc1cccc(C(=O)NN=Cc2ccc(Br)o2)c1. The van der Waals surface area contributed by atoms with Gasteiger partial charge in [-0.3, -0.25) is 4.79 Å². The molecule has 18 heavy (non-hydrogen) atoms. The quantitative estimate of drug-likeness (QED) is 0.699. The summed E-state index contributed by atoms with van der Waals surface area (Å²) in [6.45, 7) is 1.93. The molecular formula is C13H11BrN2O2. The van der Waals surface area contributed by atoms with Gasteiger partial charge < -0.3 is 4.42 Å². The van der Waals surface area contributed by atoms with Crippen LogP contribution in [0.25, 0.3) is 0 Å². The maximum Gasteiger partial charge on any atom is 0.271 e. The topological polar surface area (TPSA) is 54.6 Å². The van der Waals surface area contributed by atoms with Crippen molar-refractivity contribution in [1.82, 2.24) is 5.43 Å². The summed E-state index contributed by atoms with van der Waals surface area (Å²) in [5.41, 5.74) is 4.05. The number of furan rings is 1. The summed E-state index contributed by atoms with van der Waals surface area (Å²) in [5.74, 6) is 0.312. The number of hydrazone groups is 1. The predicted octanol–water partition coefficient (Wildman–Crippen LogP) is 3.11. The Bertz CT molecular complexity index is 590. The van der Waals surface area contributed by atoms with Gasteiger partial charge in [0, 0.05) is 5.56 Å². The van der Waals surface area contributed by atoms with Crippen LogP contribution in [0.15, 0.2) is 50.6 Å². The van der Waals surface area contributed by atoms with Crippen molar-refractivity contribution in [2.45, 2.75) is 6.92 Å². The zero-order valence-corrected chi connectivity index (χ0v) is 11.3. The first-order valence-corrected chi connectivity index (χ1v) is 6.10. The highest BCUT2D eigenvalue weighted by Gasteiger charge is 2.03. The standard InChI is InChI=1S/C13H11BrN2O2/c1-9-3-2-4-10(7-9)13(17)16-15-8-11-5-6-12(14)18-11/h2-8H,1H3,(H,16,17). The van der Waals surface area contributed by atoms with Crippen LogP contribution in [0.5, 0.6) is 0 Å². The van der Waals surface area contributed by atoms with E-state index in [1.54, 1.807) is 24.3 Å². The molecule has 0 bridgehead atoms. The summed E-state index contributed by atoms with van der Waals surface area (Å²) < 4.78 is 5.83. The van der Waals surface area contributed by atoms with E-state index in [1.807, 2.05) is 19.1 Å². The monoisotopic (exact) mass is 306 g/mol. The lowest BCUT2D eigenvalue weighted by atomic mass is 10.1. The molecule has 0 aliphatic heterocycles. The van der Waals surface area contributed by atoms with Crippen molar-refractivity contribution in [3.8, 4) is 0 Å². The first-order valence-electron chi connectivity index (χ1n) is 5.30. The van der Waals surface area contributed by atoms with Crippen molar-refractivity contribution in [3.05, 3.63) is 58.0 Å². The van der Waals surface area contributed by atoms with E-state index in [0.29, 0.717) is 16.0 Å². The number of halogens is 1. The number of carbonyl (C=O) groups is 1. The van der Waals surface area contributed by atoms with Crippen LogP contribution in [0, 0.1) is 6.92 Å². The molecule has 1 aromatic carbocycles. The first-order chi connectivity index (χ1) is 8.65. The van der Waals surface area contributed by atoms with Crippen LogP contribution < -0.4 is 5.43 Å². The highest BCUT2D eigenvalue weighted by molar-refractivity contribution is 9.10. The Kier molecular flexibility index (Phi) is 3.94. The van der Waals surface area contributed by atoms with Crippen LogP contribution in [0.1, 0.15) is 21.7 Å². The van der Waals surface area contributed by atoms with Gasteiger partial charge in [-0.1, -0.05) is 17.7 Å². The van der Waals surface area contributed by atoms with Gasteiger partial charge >= 0.3 is 0 Å². The maximum absolute atomic E-state index is 11.7. The van der Waals surface area contributed by atoms with Gasteiger partial charge in [0.05, 0.1) is 6.21 Å². The Hall–Kier alpha value is -1.88.